The summed E-state index contributed by atoms with van der Waals surface area (Å²) in [7, 11) is -3.17. The largest absolute Gasteiger partial charge is 0.489 e. The molecule has 3 rings (SSSR count). The van der Waals surface area contributed by atoms with Crippen LogP contribution in [-0.4, -0.2) is 73.3 Å². The molecule has 0 saturated carbocycles. The number of ether oxygens (including phenoxy) is 1. The zero-order valence-corrected chi connectivity index (χ0v) is 16.9. The highest BCUT2D eigenvalue weighted by atomic mass is 35.5. The minimum Gasteiger partial charge on any atom is -0.489 e. The number of nitrogens with zero attached hydrogens (tertiary/aromatic N) is 2. The third-order valence-electron chi connectivity index (χ3n) is 5.19. The molecule has 2 saturated heterocycles. The third-order valence-corrected chi connectivity index (χ3v) is 6.79. The second-order valence-electron chi connectivity index (χ2n) is 7.10. The lowest BCUT2D eigenvalue weighted by Crippen LogP contribution is -2.41. The van der Waals surface area contributed by atoms with Gasteiger partial charge in [0.15, 0.2) is 0 Å². The summed E-state index contributed by atoms with van der Waals surface area (Å²) < 4.78 is 30.5. The third kappa shape index (κ3) is 4.74. The van der Waals surface area contributed by atoms with E-state index in [9.17, 15) is 18.3 Å². The molecule has 0 bridgehead atoms. The average molecular weight is 417 g/mol. The molecular weight excluding hydrogens is 392 g/mol. The second kappa shape index (κ2) is 8.34. The highest BCUT2D eigenvalue weighted by Crippen LogP contribution is 2.30. The van der Waals surface area contributed by atoms with E-state index in [-0.39, 0.29) is 24.7 Å². The number of piperidine rings is 1. The highest BCUT2D eigenvalue weighted by molar-refractivity contribution is 7.88. The molecular formula is C18H25ClN2O5S. The number of carbonyl (C=O) groups excluding carboxylic acids is 1. The number of benzene rings is 1. The fourth-order valence-electron chi connectivity index (χ4n) is 3.65. The molecule has 1 amide bonds. The number of hydrogen-bond acceptors (Lipinski definition) is 5. The van der Waals surface area contributed by atoms with E-state index in [0.717, 1.165) is 12.8 Å². The number of halogens is 1. The maximum absolute atomic E-state index is 12.7. The summed E-state index contributed by atoms with van der Waals surface area (Å²) in [6, 6.07) is 4.83. The minimum atomic E-state index is -3.17. The van der Waals surface area contributed by atoms with Crippen LogP contribution in [0.1, 0.15) is 36.0 Å². The molecule has 1 atom stereocenters. The van der Waals surface area contributed by atoms with Crippen molar-refractivity contribution in [2.75, 3.05) is 32.5 Å². The fraction of sp³-hybridized carbons (Fsp3) is 0.611. The van der Waals surface area contributed by atoms with Crippen LogP contribution in [0.3, 0.4) is 0 Å². The smallest absolute Gasteiger partial charge is 0.254 e. The van der Waals surface area contributed by atoms with Gasteiger partial charge in [-0.05, 0) is 43.9 Å². The Morgan fingerprint density at radius 1 is 1.26 bits per heavy atom. The Kier molecular flexibility index (Phi) is 6.30. The summed E-state index contributed by atoms with van der Waals surface area (Å²) in [5.74, 6) is 0.354. The first-order valence-electron chi connectivity index (χ1n) is 9.12. The van der Waals surface area contributed by atoms with Crippen LogP contribution in [0.15, 0.2) is 18.2 Å². The van der Waals surface area contributed by atoms with Gasteiger partial charge in [0.2, 0.25) is 10.0 Å². The van der Waals surface area contributed by atoms with E-state index < -0.39 is 10.0 Å². The number of aliphatic hydroxyl groups excluding tert-OH is 1. The van der Waals surface area contributed by atoms with E-state index in [0.29, 0.717) is 48.8 Å². The lowest BCUT2D eigenvalue weighted by Gasteiger charge is -2.30. The molecule has 1 aromatic rings. The standard InChI is InChI=1S/C18H25ClN2O5S/c1-27(24,25)20-9-6-15(7-10-20)26-17-5-4-13(11-16(17)19)18(23)21-8-2-3-14(21)12-22/h4-5,11,14-15,22H,2-3,6-10,12H2,1H3/t14-/m0/s1. The maximum atomic E-state index is 12.7. The van der Waals surface area contributed by atoms with E-state index in [4.69, 9.17) is 16.3 Å². The predicted molar refractivity (Wildman–Crippen MR) is 103 cm³/mol. The van der Waals surface area contributed by atoms with Gasteiger partial charge in [-0.25, -0.2) is 12.7 Å². The molecule has 0 unspecified atom stereocenters. The number of carbonyl (C=O) groups is 1. The number of rotatable bonds is 5. The van der Waals surface area contributed by atoms with Crippen molar-refractivity contribution in [2.24, 2.45) is 0 Å². The van der Waals surface area contributed by atoms with Crippen molar-refractivity contribution in [3.05, 3.63) is 28.8 Å². The number of aliphatic hydroxyl groups is 1. The van der Waals surface area contributed by atoms with Crippen LogP contribution >= 0.6 is 11.6 Å². The van der Waals surface area contributed by atoms with Gasteiger partial charge in [-0.15, -0.1) is 0 Å². The first-order chi connectivity index (χ1) is 12.8. The van der Waals surface area contributed by atoms with E-state index in [2.05, 4.69) is 0 Å². The molecule has 1 N–H and O–H groups in total. The normalized spacial score (nSPS) is 22.2. The Labute approximate surface area is 164 Å². The number of sulfonamides is 1. The number of likely N-dealkylation sites (tertiary alicyclic amines) is 1. The van der Waals surface area contributed by atoms with Crippen molar-refractivity contribution in [2.45, 2.75) is 37.8 Å². The SMILES string of the molecule is CS(=O)(=O)N1CCC(Oc2ccc(C(=O)N3CCC[C@H]3CO)cc2Cl)CC1. The van der Waals surface area contributed by atoms with Crippen LogP contribution in [0.25, 0.3) is 0 Å². The summed E-state index contributed by atoms with van der Waals surface area (Å²) in [6.07, 6.45) is 3.98. The Balaban J connectivity index is 1.63. The first-order valence-corrected chi connectivity index (χ1v) is 11.4. The zero-order valence-electron chi connectivity index (χ0n) is 15.3. The zero-order chi connectivity index (χ0) is 19.6. The molecule has 150 valence electrons. The van der Waals surface area contributed by atoms with Gasteiger partial charge in [0.1, 0.15) is 11.9 Å². The quantitative estimate of drug-likeness (QED) is 0.790. The lowest BCUT2D eigenvalue weighted by atomic mass is 10.1. The van der Waals surface area contributed by atoms with Crippen molar-refractivity contribution in [3.63, 3.8) is 0 Å². The van der Waals surface area contributed by atoms with Crippen LogP contribution in [0.5, 0.6) is 5.75 Å². The summed E-state index contributed by atoms with van der Waals surface area (Å²) in [4.78, 5) is 14.3. The van der Waals surface area contributed by atoms with Crippen LogP contribution in [0, 0.1) is 0 Å². The van der Waals surface area contributed by atoms with Gasteiger partial charge in [0, 0.05) is 25.2 Å². The van der Waals surface area contributed by atoms with Gasteiger partial charge in [-0.1, -0.05) is 11.6 Å². The molecule has 2 fully saturated rings. The second-order valence-corrected chi connectivity index (χ2v) is 9.49. The molecule has 27 heavy (non-hydrogen) atoms. The van der Waals surface area contributed by atoms with Crippen molar-refractivity contribution in [3.8, 4) is 5.75 Å². The van der Waals surface area contributed by atoms with Crippen molar-refractivity contribution in [1.29, 1.82) is 0 Å². The van der Waals surface area contributed by atoms with Crippen molar-refractivity contribution < 1.29 is 23.1 Å². The topological polar surface area (TPSA) is 87.2 Å². The van der Waals surface area contributed by atoms with Crippen LogP contribution in [0.2, 0.25) is 5.02 Å². The minimum absolute atomic E-state index is 0.0349. The Bertz CT molecular complexity index is 793. The van der Waals surface area contributed by atoms with Crippen LogP contribution < -0.4 is 4.74 Å². The summed E-state index contributed by atoms with van der Waals surface area (Å²) in [6.45, 7) is 1.45. The Hall–Kier alpha value is -1.35. The van der Waals surface area contributed by atoms with Crippen molar-refractivity contribution >= 4 is 27.5 Å². The van der Waals surface area contributed by atoms with Gasteiger partial charge in [-0.2, -0.15) is 0 Å². The van der Waals surface area contributed by atoms with Gasteiger partial charge in [0.25, 0.3) is 5.91 Å². The molecule has 2 aliphatic rings. The maximum Gasteiger partial charge on any atom is 0.254 e. The van der Waals surface area contributed by atoms with Gasteiger partial charge in [0.05, 0.1) is 23.9 Å². The van der Waals surface area contributed by atoms with E-state index >= 15 is 0 Å². The van der Waals surface area contributed by atoms with E-state index in [1.165, 1.54) is 10.6 Å². The first kappa shape index (κ1) is 20.4. The van der Waals surface area contributed by atoms with Crippen LogP contribution in [0.4, 0.5) is 0 Å². The summed E-state index contributed by atoms with van der Waals surface area (Å²) in [5, 5.41) is 9.75. The molecule has 2 heterocycles. The molecule has 0 radical (unpaired) electrons. The Morgan fingerprint density at radius 2 is 1.96 bits per heavy atom. The van der Waals surface area contributed by atoms with Gasteiger partial charge < -0.3 is 14.7 Å². The molecule has 7 nitrogen and oxygen atoms in total. The van der Waals surface area contributed by atoms with E-state index in [1.807, 2.05) is 0 Å². The number of hydrogen-bond donors (Lipinski definition) is 1. The molecule has 2 aliphatic heterocycles. The molecule has 1 aromatic carbocycles. The highest BCUT2D eigenvalue weighted by Gasteiger charge is 2.30. The molecule has 0 spiro atoms. The molecule has 0 aliphatic carbocycles. The fourth-order valence-corrected chi connectivity index (χ4v) is 4.75. The monoisotopic (exact) mass is 416 g/mol. The summed E-state index contributed by atoms with van der Waals surface area (Å²) in [5.41, 5.74) is 0.472. The van der Waals surface area contributed by atoms with Crippen LogP contribution in [-0.2, 0) is 10.0 Å². The summed E-state index contributed by atoms with van der Waals surface area (Å²) >= 11 is 6.32. The molecule has 0 aromatic heterocycles. The van der Waals surface area contributed by atoms with Gasteiger partial charge >= 0.3 is 0 Å². The average Bonchev–Trinajstić information content (AvgIpc) is 3.11. The lowest BCUT2D eigenvalue weighted by molar-refractivity contribution is 0.0677. The predicted octanol–water partition coefficient (Wildman–Crippen LogP) is 1.74. The van der Waals surface area contributed by atoms with Gasteiger partial charge in [-0.3, -0.25) is 4.79 Å². The van der Waals surface area contributed by atoms with E-state index in [1.54, 1.807) is 23.1 Å². The molecule has 9 heteroatoms. The number of amides is 1. The van der Waals surface area contributed by atoms with Crippen molar-refractivity contribution in [1.82, 2.24) is 9.21 Å². The Morgan fingerprint density at radius 3 is 2.56 bits per heavy atom.